The Morgan fingerprint density at radius 1 is 1.33 bits per heavy atom. The summed E-state index contributed by atoms with van der Waals surface area (Å²) >= 11 is 0. The van der Waals surface area contributed by atoms with Crippen molar-refractivity contribution in [3.05, 3.63) is 0 Å². The van der Waals surface area contributed by atoms with Gasteiger partial charge >= 0.3 is 5.97 Å². The van der Waals surface area contributed by atoms with E-state index >= 15 is 0 Å². The Morgan fingerprint density at radius 2 is 1.75 bits per heavy atom. The van der Waals surface area contributed by atoms with Crippen LogP contribution in [-0.2, 0) is 4.79 Å². The molecule has 0 fully saturated rings. The minimum Gasteiger partial charge on any atom is -0.480 e. The Hall–Kier alpha value is -0.570. The Labute approximate surface area is 74.2 Å². The lowest BCUT2D eigenvalue weighted by molar-refractivity contribution is -0.145. The van der Waals surface area contributed by atoms with Crippen LogP contribution >= 0.6 is 0 Å². The van der Waals surface area contributed by atoms with Gasteiger partial charge in [0.2, 0.25) is 0 Å². The molecule has 0 aliphatic carbocycles. The molecule has 2 N–H and O–H groups in total. The summed E-state index contributed by atoms with van der Waals surface area (Å²) in [6.07, 6.45) is 3.19. The molecule has 0 aliphatic rings. The topological polar surface area (TPSA) is 49.3 Å². The highest BCUT2D eigenvalue weighted by molar-refractivity contribution is 5.78. The predicted octanol–water partition coefficient (Wildman–Crippen LogP) is 1.63. The summed E-state index contributed by atoms with van der Waals surface area (Å²) in [5.74, 6) is -0.728. The zero-order valence-electron chi connectivity index (χ0n) is 8.18. The first-order valence-corrected chi connectivity index (χ1v) is 4.55. The predicted molar refractivity (Wildman–Crippen MR) is 49.2 cm³/mol. The van der Waals surface area contributed by atoms with Gasteiger partial charge in [0.15, 0.2) is 0 Å². The Morgan fingerprint density at radius 3 is 1.92 bits per heavy atom. The molecule has 0 atom stereocenters. The van der Waals surface area contributed by atoms with E-state index in [4.69, 9.17) is 5.11 Å². The van der Waals surface area contributed by atoms with Crippen molar-refractivity contribution in [1.29, 1.82) is 0 Å². The minimum atomic E-state index is -0.728. The van der Waals surface area contributed by atoms with Gasteiger partial charge in [-0.1, -0.05) is 26.7 Å². The van der Waals surface area contributed by atoms with Gasteiger partial charge in [-0.25, -0.2) is 0 Å². The van der Waals surface area contributed by atoms with Crippen molar-refractivity contribution < 1.29 is 9.90 Å². The monoisotopic (exact) mass is 173 g/mol. The van der Waals surface area contributed by atoms with Gasteiger partial charge in [0.25, 0.3) is 0 Å². The maximum Gasteiger partial charge on any atom is 0.323 e. The van der Waals surface area contributed by atoms with E-state index in [9.17, 15) is 4.79 Å². The van der Waals surface area contributed by atoms with Crippen LogP contribution in [0.4, 0.5) is 0 Å². The number of likely N-dealkylation sites (N-methyl/N-ethyl adjacent to an activating group) is 1. The molecule has 0 aromatic carbocycles. The van der Waals surface area contributed by atoms with Crippen LogP contribution in [0, 0.1) is 0 Å². The van der Waals surface area contributed by atoms with Crippen LogP contribution in [0.3, 0.4) is 0 Å². The molecule has 0 saturated heterocycles. The molecule has 0 bridgehead atoms. The molecule has 12 heavy (non-hydrogen) atoms. The van der Waals surface area contributed by atoms with Gasteiger partial charge in [-0.05, 0) is 19.9 Å². The minimum absolute atomic E-state index is 0.691. The van der Waals surface area contributed by atoms with Crippen LogP contribution in [0.2, 0.25) is 0 Å². The summed E-state index contributed by atoms with van der Waals surface area (Å²) in [5, 5.41) is 11.9. The number of carboxylic acid groups (broad SMARTS) is 1. The molecule has 0 aromatic heterocycles. The van der Waals surface area contributed by atoms with Crippen molar-refractivity contribution in [3.8, 4) is 0 Å². The summed E-state index contributed by atoms with van der Waals surface area (Å²) in [5.41, 5.74) is -0.691. The fourth-order valence-electron chi connectivity index (χ4n) is 1.55. The molecule has 0 radical (unpaired) electrons. The molecule has 0 spiro atoms. The zero-order chi connectivity index (χ0) is 9.61. The number of hydrogen-bond acceptors (Lipinski definition) is 2. The third-order valence-corrected chi connectivity index (χ3v) is 2.24. The molecule has 0 amide bonds. The van der Waals surface area contributed by atoms with Crippen LogP contribution in [0.25, 0.3) is 0 Å². The lowest BCUT2D eigenvalue weighted by Crippen LogP contribution is -2.50. The summed E-state index contributed by atoms with van der Waals surface area (Å²) in [6, 6.07) is 0. The van der Waals surface area contributed by atoms with Crippen molar-refractivity contribution in [3.63, 3.8) is 0 Å². The van der Waals surface area contributed by atoms with E-state index < -0.39 is 11.5 Å². The third-order valence-electron chi connectivity index (χ3n) is 2.24. The van der Waals surface area contributed by atoms with Crippen LogP contribution < -0.4 is 5.32 Å². The zero-order valence-corrected chi connectivity index (χ0v) is 8.18. The lowest BCUT2D eigenvalue weighted by Gasteiger charge is -2.28. The maximum atomic E-state index is 11.0. The van der Waals surface area contributed by atoms with Crippen LogP contribution in [0.5, 0.6) is 0 Å². The highest BCUT2D eigenvalue weighted by atomic mass is 16.4. The molecular formula is C9H19NO2. The van der Waals surface area contributed by atoms with Crippen molar-refractivity contribution in [2.24, 2.45) is 0 Å². The average Bonchev–Trinajstić information content (AvgIpc) is 2.03. The number of rotatable bonds is 6. The van der Waals surface area contributed by atoms with E-state index in [-0.39, 0.29) is 0 Å². The highest BCUT2D eigenvalue weighted by Gasteiger charge is 2.34. The molecule has 3 nitrogen and oxygen atoms in total. The fourth-order valence-corrected chi connectivity index (χ4v) is 1.55. The molecule has 0 saturated carbocycles. The van der Waals surface area contributed by atoms with Crippen molar-refractivity contribution >= 4 is 5.97 Å². The first-order chi connectivity index (χ1) is 5.63. The standard InChI is InChI=1S/C9H19NO2/c1-4-6-9(10-3,7-5-2)8(11)12/h10H,4-7H2,1-3H3,(H,11,12). The van der Waals surface area contributed by atoms with Gasteiger partial charge in [-0.15, -0.1) is 0 Å². The van der Waals surface area contributed by atoms with E-state index in [0.717, 1.165) is 12.8 Å². The number of carbonyl (C=O) groups is 1. The highest BCUT2D eigenvalue weighted by Crippen LogP contribution is 2.19. The second kappa shape index (κ2) is 5.14. The number of nitrogens with one attached hydrogen (secondary N) is 1. The van der Waals surface area contributed by atoms with Gasteiger partial charge in [0.1, 0.15) is 5.54 Å². The molecular weight excluding hydrogens is 154 g/mol. The molecule has 0 unspecified atom stereocenters. The Balaban J connectivity index is 4.39. The van der Waals surface area contributed by atoms with Crippen molar-refractivity contribution in [2.75, 3.05) is 7.05 Å². The number of aliphatic carboxylic acids is 1. The normalized spacial score (nSPS) is 11.6. The molecule has 72 valence electrons. The summed E-state index contributed by atoms with van der Waals surface area (Å²) in [7, 11) is 1.72. The smallest absolute Gasteiger partial charge is 0.323 e. The first kappa shape index (κ1) is 11.4. The largest absolute Gasteiger partial charge is 0.480 e. The van der Waals surface area contributed by atoms with Crippen molar-refractivity contribution in [2.45, 2.75) is 45.1 Å². The van der Waals surface area contributed by atoms with Crippen LogP contribution in [-0.4, -0.2) is 23.7 Å². The average molecular weight is 173 g/mol. The maximum absolute atomic E-state index is 11.0. The van der Waals surface area contributed by atoms with E-state index in [1.807, 2.05) is 13.8 Å². The summed E-state index contributed by atoms with van der Waals surface area (Å²) in [4.78, 5) is 11.0. The second-order valence-electron chi connectivity index (χ2n) is 3.14. The quantitative estimate of drug-likeness (QED) is 0.642. The summed E-state index contributed by atoms with van der Waals surface area (Å²) in [6.45, 7) is 4.01. The third kappa shape index (κ3) is 2.48. The molecule has 0 aromatic rings. The summed E-state index contributed by atoms with van der Waals surface area (Å²) < 4.78 is 0. The van der Waals surface area contributed by atoms with Gasteiger partial charge in [0, 0.05) is 0 Å². The second-order valence-corrected chi connectivity index (χ2v) is 3.14. The van der Waals surface area contributed by atoms with E-state index in [1.165, 1.54) is 0 Å². The SMILES string of the molecule is CCCC(CCC)(NC)C(=O)O. The first-order valence-electron chi connectivity index (χ1n) is 4.55. The van der Waals surface area contributed by atoms with Gasteiger partial charge in [-0.2, -0.15) is 0 Å². The fraction of sp³-hybridized carbons (Fsp3) is 0.889. The molecule has 0 heterocycles. The number of hydrogen-bond donors (Lipinski definition) is 2. The van der Waals surface area contributed by atoms with Gasteiger partial charge in [-0.3, -0.25) is 4.79 Å². The molecule has 0 rings (SSSR count). The van der Waals surface area contributed by atoms with Crippen LogP contribution in [0.15, 0.2) is 0 Å². The lowest BCUT2D eigenvalue weighted by atomic mass is 9.89. The van der Waals surface area contributed by atoms with Gasteiger partial charge < -0.3 is 10.4 Å². The van der Waals surface area contributed by atoms with E-state index in [2.05, 4.69) is 5.32 Å². The Bertz CT molecular complexity index is 139. The van der Waals surface area contributed by atoms with E-state index in [1.54, 1.807) is 7.05 Å². The van der Waals surface area contributed by atoms with Crippen LogP contribution in [0.1, 0.15) is 39.5 Å². The molecule has 3 heteroatoms. The number of carboxylic acids is 1. The van der Waals surface area contributed by atoms with Crippen molar-refractivity contribution in [1.82, 2.24) is 5.32 Å². The Kier molecular flexibility index (Phi) is 4.90. The van der Waals surface area contributed by atoms with Gasteiger partial charge in [0.05, 0.1) is 0 Å². The molecule has 0 aliphatic heterocycles. The van der Waals surface area contributed by atoms with E-state index in [0.29, 0.717) is 12.8 Å².